The summed E-state index contributed by atoms with van der Waals surface area (Å²) in [5.74, 6) is -0.914. The van der Waals surface area contributed by atoms with Gasteiger partial charge in [0.05, 0.1) is 19.9 Å². The average Bonchev–Trinajstić information content (AvgIpc) is 2.47. The van der Waals surface area contributed by atoms with E-state index in [-0.39, 0.29) is 6.54 Å². The third kappa shape index (κ3) is 5.49. The summed E-state index contributed by atoms with van der Waals surface area (Å²) >= 11 is 0. The molecule has 2 N–H and O–H groups in total. The van der Waals surface area contributed by atoms with E-state index in [2.05, 4.69) is 15.8 Å². The second-order valence-electron chi connectivity index (χ2n) is 3.72. The Morgan fingerprint density at radius 1 is 1.30 bits per heavy atom. The minimum atomic E-state index is -0.833. The van der Waals surface area contributed by atoms with E-state index in [0.29, 0.717) is 12.4 Å². The van der Waals surface area contributed by atoms with Crippen LogP contribution in [0.3, 0.4) is 0 Å². The number of carbonyl (C=O) groups excluding carboxylic acids is 2. The lowest BCUT2D eigenvalue weighted by Gasteiger charge is -2.02. The monoisotopic (exact) mass is 279 g/mol. The largest absolute Gasteiger partial charge is 0.497 e. The van der Waals surface area contributed by atoms with Gasteiger partial charge in [-0.25, -0.2) is 5.43 Å². The van der Waals surface area contributed by atoms with E-state index in [1.807, 2.05) is 0 Å². The molecule has 1 aromatic carbocycles. The van der Waals surface area contributed by atoms with E-state index in [0.717, 1.165) is 5.56 Å². The highest BCUT2D eigenvalue weighted by Gasteiger charge is 2.10. The van der Waals surface area contributed by atoms with Crippen molar-refractivity contribution in [3.63, 3.8) is 0 Å². The van der Waals surface area contributed by atoms with Gasteiger partial charge in [-0.1, -0.05) is 12.1 Å². The van der Waals surface area contributed by atoms with Gasteiger partial charge in [-0.3, -0.25) is 9.59 Å². The molecule has 7 heteroatoms. The van der Waals surface area contributed by atoms with Crippen molar-refractivity contribution in [2.45, 2.75) is 0 Å². The SMILES string of the molecule is COCCNC(=O)C(=O)N/N=C\c1cccc(OC)c1. The van der Waals surface area contributed by atoms with Crippen molar-refractivity contribution in [3.05, 3.63) is 29.8 Å². The summed E-state index contributed by atoms with van der Waals surface area (Å²) < 4.78 is 9.80. The highest BCUT2D eigenvalue weighted by atomic mass is 16.5. The summed E-state index contributed by atoms with van der Waals surface area (Å²) in [5, 5.41) is 6.07. The molecule has 0 saturated heterocycles. The molecular weight excluding hydrogens is 262 g/mol. The molecule has 1 aromatic rings. The van der Waals surface area contributed by atoms with Crippen molar-refractivity contribution in [3.8, 4) is 5.75 Å². The molecule has 0 aliphatic rings. The van der Waals surface area contributed by atoms with E-state index in [1.54, 1.807) is 31.4 Å². The summed E-state index contributed by atoms with van der Waals surface area (Å²) in [6.45, 7) is 0.606. The van der Waals surface area contributed by atoms with Crippen molar-refractivity contribution in [2.75, 3.05) is 27.4 Å². The molecule has 108 valence electrons. The Hall–Kier alpha value is -2.41. The minimum absolute atomic E-state index is 0.266. The zero-order chi connectivity index (χ0) is 14.8. The summed E-state index contributed by atoms with van der Waals surface area (Å²) in [7, 11) is 3.06. The molecule has 2 amide bonds. The molecule has 0 aliphatic heterocycles. The van der Waals surface area contributed by atoms with Gasteiger partial charge in [-0.05, 0) is 17.7 Å². The molecule has 7 nitrogen and oxygen atoms in total. The Kier molecular flexibility index (Phi) is 6.77. The number of rotatable bonds is 6. The second-order valence-corrected chi connectivity index (χ2v) is 3.72. The van der Waals surface area contributed by atoms with Gasteiger partial charge in [-0.2, -0.15) is 5.10 Å². The number of hydrogen-bond donors (Lipinski definition) is 2. The number of carbonyl (C=O) groups is 2. The number of hydrogen-bond acceptors (Lipinski definition) is 5. The van der Waals surface area contributed by atoms with Gasteiger partial charge in [0, 0.05) is 13.7 Å². The Labute approximate surface area is 117 Å². The Morgan fingerprint density at radius 2 is 2.10 bits per heavy atom. The van der Waals surface area contributed by atoms with Crippen molar-refractivity contribution in [1.82, 2.24) is 10.7 Å². The average molecular weight is 279 g/mol. The van der Waals surface area contributed by atoms with E-state index in [9.17, 15) is 9.59 Å². The highest BCUT2D eigenvalue weighted by Crippen LogP contribution is 2.10. The first-order valence-corrected chi connectivity index (χ1v) is 5.91. The maximum atomic E-state index is 11.3. The Bertz CT molecular complexity index is 488. The second kappa shape index (κ2) is 8.65. The van der Waals surface area contributed by atoms with Gasteiger partial charge in [0.15, 0.2) is 0 Å². The fraction of sp³-hybridized carbons (Fsp3) is 0.308. The van der Waals surface area contributed by atoms with E-state index in [1.165, 1.54) is 13.3 Å². The first-order valence-electron chi connectivity index (χ1n) is 5.91. The topological polar surface area (TPSA) is 89.0 Å². The lowest BCUT2D eigenvalue weighted by atomic mass is 10.2. The number of hydrazone groups is 1. The summed E-state index contributed by atoms with van der Waals surface area (Å²) in [5.41, 5.74) is 2.87. The minimum Gasteiger partial charge on any atom is -0.497 e. The standard InChI is InChI=1S/C13H17N3O4/c1-19-7-6-14-12(17)13(18)16-15-9-10-4-3-5-11(8-10)20-2/h3-5,8-9H,6-7H2,1-2H3,(H,14,17)(H,16,18)/b15-9-. The Balaban J connectivity index is 2.43. The van der Waals surface area contributed by atoms with Crippen LogP contribution in [0.2, 0.25) is 0 Å². The molecule has 0 radical (unpaired) electrons. The van der Waals surface area contributed by atoms with Gasteiger partial charge in [-0.15, -0.1) is 0 Å². The number of benzene rings is 1. The van der Waals surface area contributed by atoms with Crippen LogP contribution in [0.25, 0.3) is 0 Å². The van der Waals surface area contributed by atoms with Crippen molar-refractivity contribution in [1.29, 1.82) is 0 Å². The van der Waals surface area contributed by atoms with Crippen molar-refractivity contribution in [2.24, 2.45) is 5.10 Å². The zero-order valence-electron chi connectivity index (χ0n) is 11.4. The van der Waals surface area contributed by atoms with Gasteiger partial charge in [0.25, 0.3) is 0 Å². The quantitative estimate of drug-likeness (QED) is 0.329. The van der Waals surface area contributed by atoms with Gasteiger partial charge in [0.2, 0.25) is 0 Å². The summed E-state index contributed by atoms with van der Waals surface area (Å²) in [4.78, 5) is 22.6. The molecular formula is C13H17N3O4. The molecule has 0 saturated carbocycles. The molecule has 0 spiro atoms. The molecule has 0 unspecified atom stereocenters. The van der Waals surface area contributed by atoms with Crippen LogP contribution in [0.4, 0.5) is 0 Å². The smallest absolute Gasteiger partial charge is 0.329 e. The van der Waals surface area contributed by atoms with Crippen LogP contribution < -0.4 is 15.5 Å². The first-order chi connectivity index (χ1) is 9.67. The van der Waals surface area contributed by atoms with Crippen LogP contribution in [0.1, 0.15) is 5.56 Å². The molecule has 0 atom stereocenters. The van der Waals surface area contributed by atoms with E-state index >= 15 is 0 Å². The zero-order valence-corrected chi connectivity index (χ0v) is 11.4. The lowest BCUT2D eigenvalue weighted by Crippen LogP contribution is -2.39. The molecule has 20 heavy (non-hydrogen) atoms. The van der Waals surface area contributed by atoms with Gasteiger partial charge >= 0.3 is 11.8 Å². The number of ether oxygens (including phenoxy) is 2. The van der Waals surface area contributed by atoms with Crippen LogP contribution >= 0.6 is 0 Å². The Morgan fingerprint density at radius 3 is 2.80 bits per heavy atom. The molecule has 0 fully saturated rings. The van der Waals surface area contributed by atoms with Crippen LogP contribution in [0.5, 0.6) is 5.75 Å². The van der Waals surface area contributed by atoms with Crippen LogP contribution in [-0.4, -0.2) is 45.4 Å². The summed E-state index contributed by atoms with van der Waals surface area (Å²) in [6, 6.07) is 7.11. The predicted molar refractivity (Wildman–Crippen MR) is 73.6 cm³/mol. The van der Waals surface area contributed by atoms with Crippen LogP contribution in [0.15, 0.2) is 29.4 Å². The molecule has 0 aliphatic carbocycles. The fourth-order valence-corrected chi connectivity index (χ4v) is 1.28. The van der Waals surface area contributed by atoms with Crippen molar-refractivity contribution < 1.29 is 19.1 Å². The third-order valence-electron chi connectivity index (χ3n) is 2.27. The normalized spacial score (nSPS) is 10.3. The number of amides is 2. The van der Waals surface area contributed by atoms with E-state index < -0.39 is 11.8 Å². The van der Waals surface area contributed by atoms with Crippen LogP contribution in [-0.2, 0) is 14.3 Å². The lowest BCUT2D eigenvalue weighted by molar-refractivity contribution is -0.139. The van der Waals surface area contributed by atoms with Gasteiger partial charge in [0.1, 0.15) is 5.75 Å². The van der Waals surface area contributed by atoms with Gasteiger partial charge < -0.3 is 14.8 Å². The number of nitrogens with zero attached hydrogens (tertiary/aromatic N) is 1. The number of nitrogens with one attached hydrogen (secondary N) is 2. The predicted octanol–water partition coefficient (Wildman–Crippen LogP) is -0.0921. The van der Waals surface area contributed by atoms with Crippen LogP contribution in [0, 0.1) is 0 Å². The molecule has 0 bridgehead atoms. The maximum absolute atomic E-state index is 11.3. The molecule has 1 rings (SSSR count). The maximum Gasteiger partial charge on any atom is 0.329 e. The summed E-state index contributed by atoms with van der Waals surface area (Å²) in [6.07, 6.45) is 1.42. The van der Waals surface area contributed by atoms with Crippen molar-refractivity contribution >= 4 is 18.0 Å². The molecule has 0 heterocycles. The third-order valence-corrected chi connectivity index (χ3v) is 2.27. The highest BCUT2D eigenvalue weighted by molar-refractivity contribution is 6.35. The fourth-order valence-electron chi connectivity index (χ4n) is 1.28. The first kappa shape index (κ1) is 15.6. The van der Waals surface area contributed by atoms with E-state index in [4.69, 9.17) is 9.47 Å². The number of methoxy groups -OCH3 is 2. The molecule has 0 aromatic heterocycles.